The van der Waals surface area contributed by atoms with Gasteiger partial charge in [0, 0.05) is 5.39 Å². The van der Waals surface area contributed by atoms with E-state index in [4.69, 9.17) is 17.3 Å². The van der Waals surface area contributed by atoms with Gasteiger partial charge in [-0.15, -0.1) is 0 Å². The molecule has 0 atom stereocenters. The number of nitrogen functional groups attached to an aromatic ring is 1. The first-order valence-corrected chi connectivity index (χ1v) is 6.57. The summed E-state index contributed by atoms with van der Waals surface area (Å²) in [7, 11) is 0. The second kappa shape index (κ2) is 4.98. The largest absolute Gasteiger partial charge is 0.368 e. The highest BCUT2D eigenvalue weighted by atomic mass is 35.5. The summed E-state index contributed by atoms with van der Waals surface area (Å²) in [5.41, 5.74) is 8.43. The molecule has 3 aromatic rings. The van der Waals surface area contributed by atoms with Crippen LogP contribution in [0.15, 0.2) is 42.5 Å². The summed E-state index contributed by atoms with van der Waals surface area (Å²) >= 11 is 6.23. The van der Waals surface area contributed by atoms with Crippen molar-refractivity contribution in [1.29, 1.82) is 0 Å². The Labute approximate surface area is 121 Å². The van der Waals surface area contributed by atoms with Crippen molar-refractivity contribution in [2.24, 2.45) is 0 Å². The maximum absolute atomic E-state index is 6.23. The van der Waals surface area contributed by atoms with Gasteiger partial charge in [-0.3, -0.25) is 0 Å². The Bertz CT molecular complexity index is 766. The summed E-state index contributed by atoms with van der Waals surface area (Å²) in [6.07, 6.45) is 0. The van der Waals surface area contributed by atoms with Crippen molar-refractivity contribution in [2.75, 3.05) is 11.1 Å². The molecule has 4 nitrogen and oxygen atoms in total. The van der Waals surface area contributed by atoms with Gasteiger partial charge in [-0.1, -0.05) is 35.9 Å². The second-order valence-electron chi connectivity index (χ2n) is 4.50. The molecule has 3 rings (SSSR count). The van der Waals surface area contributed by atoms with E-state index in [1.54, 1.807) is 0 Å². The summed E-state index contributed by atoms with van der Waals surface area (Å²) in [5.74, 6) is 0.889. The molecule has 0 fully saturated rings. The van der Waals surface area contributed by atoms with Crippen molar-refractivity contribution in [3.63, 3.8) is 0 Å². The molecule has 0 spiro atoms. The van der Waals surface area contributed by atoms with Crippen LogP contribution in [0.3, 0.4) is 0 Å². The maximum atomic E-state index is 6.23. The fraction of sp³-hybridized carbons (Fsp3) is 0.0667. The summed E-state index contributed by atoms with van der Waals surface area (Å²) in [6, 6.07) is 13.4. The SMILES string of the molecule is Cc1cccc(Cl)c1Nc1nc(N)nc2ccccc12. The van der Waals surface area contributed by atoms with Crippen molar-refractivity contribution >= 4 is 40.0 Å². The number of para-hydroxylation sites is 2. The lowest BCUT2D eigenvalue weighted by Crippen LogP contribution is -2.02. The van der Waals surface area contributed by atoms with Crippen LogP contribution in [0.5, 0.6) is 0 Å². The number of aromatic nitrogens is 2. The van der Waals surface area contributed by atoms with Gasteiger partial charge in [-0.05, 0) is 30.7 Å². The number of aryl methyl sites for hydroxylation is 1. The molecule has 0 bridgehead atoms. The van der Waals surface area contributed by atoms with E-state index in [0.29, 0.717) is 10.8 Å². The number of nitrogens with two attached hydrogens (primary N) is 1. The van der Waals surface area contributed by atoms with Gasteiger partial charge in [-0.2, -0.15) is 4.98 Å². The molecule has 1 aromatic heterocycles. The number of nitrogens with one attached hydrogen (secondary N) is 1. The molecule has 0 saturated carbocycles. The van der Waals surface area contributed by atoms with E-state index in [2.05, 4.69) is 15.3 Å². The van der Waals surface area contributed by atoms with E-state index in [1.807, 2.05) is 49.4 Å². The third-order valence-electron chi connectivity index (χ3n) is 3.09. The zero-order chi connectivity index (χ0) is 14.1. The monoisotopic (exact) mass is 284 g/mol. The molecule has 0 aliphatic carbocycles. The number of rotatable bonds is 2. The first-order valence-electron chi connectivity index (χ1n) is 6.19. The number of hydrogen-bond donors (Lipinski definition) is 2. The standard InChI is InChI=1S/C15H13ClN4/c1-9-5-4-7-11(16)13(9)19-14-10-6-2-3-8-12(10)18-15(17)20-14/h2-8H,1H3,(H3,17,18,19,20). The lowest BCUT2D eigenvalue weighted by atomic mass is 10.2. The smallest absolute Gasteiger partial charge is 0.222 e. The van der Waals surface area contributed by atoms with Crippen molar-refractivity contribution in [3.05, 3.63) is 53.1 Å². The quantitative estimate of drug-likeness (QED) is 0.749. The number of fused-ring (bicyclic) bond motifs is 1. The summed E-state index contributed by atoms with van der Waals surface area (Å²) in [5, 5.41) is 4.81. The predicted molar refractivity (Wildman–Crippen MR) is 83.4 cm³/mol. The Kier molecular flexibility index (Phi) is 3.16. The Balaban J connectivity index is 2.16. The van der Waals surface area contributed by atoms with Crippen molar-refractivity contribution < 1.29 is 0 Å². The molecule has 100 valence electrons. The van der Waals surface area contributed by atoms with Gasteiger partial charge in [0.1, 0.15) is 5.82 Å². The van der Waals surface area contributed by atoms with Crippen LogP contribution < -0.4 is 11.1 Å². The summed E-state index contributed by atoms with van der Waals surface area (Å²) < 4.78 is 0. The van der Waals surface area contributed by atoms with Gasteiger partial charge >= 0.3 is 0 Å². The van der Waals surface area contributed by atoms with Crippen molar-refractivity contribution in [3.8, 4) is 0 Å². The molecule has 3 N–H and O–H groups in total. The summed E-state index contributed by atoms with van der Waals surface area (Å²) in [6.45, 7) is 1.99. The fourth-order valence-corrected chi connectivity index (χ4v) is 2.37. The first kappa shape index (κ1) is 12.7. The number of nitrogens with zero attached hydrogens (tertiary/aromatic N) is 2. The lowest BCUT2D eigenvalue weighted by Gasteiger charge is -2.12. The molecule has 20 heavy (non-hydrogen) atoms. The Morgan fingerprint density at radius 1 is 1.05 bits per heavy atom. The van der Waals surface area contributed by atoms with E-state index in [9.17, 15) is 0 Å². The normalized spacial score (nSPS) is 10.7. The van der Waals surface area contributed by atoms with Gasteiger partial charge in [-0.25, -0.2) is 4.98 Å². The van der Waals surface area contributed by atoms with Crippen molar-refractivity contribution in [2.45, 2.75) is 6.92 Å². The molecule has 0 unspecified atom stereocenters. The molecule has 0 aliphatic rings. The topological polar surface area (TPSA) is 63.8 Å². The molecule has 0 saturated heterocycles. The highest BCUT2D eigenvalue weighted by Gasteiger charge is 2.09. The van der Waals surface area contributed by atoms with Crippen LogP contribution in [0.25, 0.3) is 10.9 Å². The average molecular weight is 285 g/mol. The predicted octanol–water partition coefficient (Wildman–Crippen LogP) is 3.92. The third kappa shape index (κ3) is 2.26. The second-order valence-corrected chi connectivity index (χ2v) is 4.91. The lowest BCUT2D eigenvalue weighted by molar-refractivity contribution is 1.23. The Morgan fingerprint density at radius 2 is 1.85 bits per heavy atom. The van der Waals surface area contributed by atoms with Crippen LogP contribution in [-0.4, -0.2) is 9.97 Å². The molecule has 0 radical (unpaired) electrons. The van der Waals surface area contributed by atoms with E-state index in [-0.39, 0.29) is 5.95 Å². The molecule has 5 heteroatoms. The molecule has 2 aromatic carbocycles. The van der Waals surface area contributed by atoms with Crippen LogP contribution in [0.4, 0.5) is 17.5 Å². The molecule has 1 heterocycles. The van der Waals surface area contributed by atoms with Crippen LogP contribution in [0.1, 0.15) is 5.56 Å². The third-order valence-corrected chi connectivity index (χ3v) is 3.40. The maximum Gasteiger partial charge on any atom is 0.222 e. The van der Waals surface area contributed by atoms with Gasteiger partial charge < -0.3 is 11.1 Å². The Morgan fingerprint density at radius 3 is 2.65 bits per heavy atom. The van der Waals surface area contributed by atoms with Gasteiger partial charge in [0.2, 0.25) is 5.95 Å². The van der Waals surface area contributed by atoms with Gasteiger partial charge in [0.15, 0.2) is 0 Å². The van der Waals surface area contributed by atoms with E-state index < -0.39 is 0 Å². The number of anilines is 3. The van der Waals surface area contributed by atoms with Crippen LogP contribution in [-0.2, 0) is 0 Å². The summed E-state index contributed by atoms with van der Waals surface area (Å²) in [4.78, 5) is 8.49. The van der Waals surface area contributed by atoms with Crippen LogP contribution in [0, 0.1) is 6.92 Å². The van der Waals surface area contributed by atoms with Crippen molar-refractivity contribution in [1.82, 2.24) is 9.97 Å². The molecule has 0 amide bonds. The number of hydrogen-bond acceptors (Lipinski definition) is 4. The minimum atomic E-state index is 0.232. The van der Waals surface area contributed by atoms with Gasteiger partial charge in [0.25, 0.3) is 0 Å². The average Bonchev–Trinajstić information content (AvgIpc) is 2.42. The highest BCUT2D eigenvalue weighted by Crippen LogP contribution is 2.31. The zero-order valence-corrected chi connectivity index (χ0v) is 11.6. The zero-order valence-electron chi connectivity index (χ0n) is 10.9. The van der Waals surface area contributed by atoms with Crippen LogP contribution in [0.2, 0.25) is 5.02 Å². The van der Waals surface area contributed by atoms with Gasteiger partial charge in [0.05, 0.1) is 16.2 Å². The van der Waals surface area contributed by atoms with E-state index in [1.165, 1.54) is 0 Å². The minimum absolute atomic E-state index is 0.232. The number of halogens is 1. The molecule has 0 aliphatic heterocycles. The number of benzene rings is 2. The first-order chi connectivity index (χ1) is 9.65. The highest BCUT2D eigenvalue weighted by molar-refractivity contribution is 6.33. The molecular weight excluding hydrogens is 272 g/mol. The molecular formula is C15H13ClN4. The van der Waals surface area contributed by atoms with E-state index in [0.717, 1.165) is 22.2 Å². The fourth-order valence-electron chi connectivity index (χ4n) is 2.10. The Hall–Kier alpha value is -2.33. The van der Waals surface area contributed by atoms with Crippen LogP contribution >= 0.6 is 11.6 Å². The minimum Gasteiger partial charge on any atom is -0.368 e. The van der Waals surface area contributed by atoms with E-state index >= 15 is 0 Å².